The van der Waals surface area contributed by atoms with Crippen LogP contribution in [0.15, 0.2) is 23.2 Å². The summed E-state index contributed by atoms with van der Waals surface area (Å²) in [7, 11) is 0. The number of hydrogen-bond donors (Lipinski definition) is 2. The monoisotopic (exact) mass is 403 g/mol. The van der Waals surface area contributed by atoms with E-state index < -0.39 is 0 Å². The van der Waals surface area contributed by atoms with E-state index in [9.17, 15) is 4.79 Å². The first-order valence-electron chi connectivity index (χ1n) is 10.8. The number of carbonyl (C=O) groups is 1. The minimum atomic E-state index is 0.169. The van der Waals surface area contributed by atoms with Crippen LogP contribution in [0.25, 0.3) is 0 Å². The number of aryl methyl sites for hydroxylation is 1. The molecule has 1 heterocycles. The number of piperazine rings is 1. The number of ether oxygens (including phenoxy) is 1. The molecule has 0 bridgehead atoms. The van der Waals surface area contributed by atoms with Crippen LogP contribution < -0.4 is 15.4 Å². The van der Waals surface area contributed by atoms with Gasteiger partial charge in [0.05, 0.1) is 13.2 Å². The molecule has 29 heavy (non-hydrogen) atoms. The number of aliphatic imine (C=N–C) groups is 1. The molecule has 1 aromatic carbocycles. The van der Waals surface area contributed by atoms with Crippen molar-refractivity contribution in [2.75, 3.05) is 52.4 Å². The SMILES string of the molecule is CCCOc1cc(C)ccc1CN=C(NCC)NCCN1CCN(C(C)=O)CC1. The Morgan fingerprint density at radius 2 is 1.93 bits per heavy atom. The van der Waals surface area contributed by atoms with Gasteiger partial charge in [-0.2, -0.15) is 0 Å². The largest absolute Gasteiger partial charge is 0.493 e. The van der Waals surface area contributed by atoms with Crippen LogP contribution in [0, 0.1) is 6.92 Å². The second-order valence-electron chi connectivity index (χ2n) is 7.43. The molecule has 1 aliphatic heterocycles. The molecule has 0 spiro atoms. The van der Waals surface area contributed by atoms with Crippen LogP contribution in [-0.4, -0.2) is 74.1 Å². The lowest BCUT2D eigenvalue weighted by Gasteiger charge is -2.34. The van der Waals surface area contributed by atoms with Crippen molar-refractivity contribution in [3.63, 3.8) is 0 Å². The van der Waals surface area contributed by atoms with Gasteiger partial charge in [0, 0.05) is 58.3 Å². The van der Waals surface area contributed by atoms with Crippen LogP contribution in [0.1, 0.15) is 38.3 Å². The number of amides is 1. The van der Waals surface area contributed by atoms with Gasteiger partial charge in [-0.05, 0) is 31.9 Å². The number of nitrogens with zero attached hydrogens (tertiary/aromatic N) is 3. The molecule has 7 heteroatoms. The average molecular weight is 404 g/mol. The Balaban J connectivity index is 1.86. The van der Waals surface area contributed by atoms with Crippen LogP contribution in [0.4, 0.5) is 0 Å². The maximum Gasteiger partial charge on any atom is 0.219 e. The first-order chi connectivity index (χ1) is 14.0. The van der Waals surface area contributed by atoms with E-state index >= 15 is 0 Å². The summed E-state index contributed by atoms with van der Waals surface area (Å²) < 4.78 is 5.90. The summed E-state index contributed by atoms with van der Waals surface area (Å²) in [5.41, 5.74) is 2.29. The van der Waals surface area contributed by atoms with Gasteiger partial charge >= 0.3 is 0 Å². The standard InChI is InChI=1S/C22H37N5O2/c1-5-15-29-21-16-18(3)7-8-20(21)17-25-22(23-6-2)24-9-10-26-11-13-27(14-12-26)19(4)28/h7-8,16H,5-6,9-15,17H2,1-4H3,(H2,23,24,25). The van der Waals surface area contributed by atoms with Crippen molar-refractivity contribution in [3.05, 3.63) is 29.3 Å². The van der Waals surface area contributed by atoms with E-state index in [0.29, 0.717) is 6.54 Å². The predicted octanol–water partition coefficient (Wildman–Crippen LogP) is 2.00. The zero-order chi connectivity index (χ0) is 21.1. The molecule has 0 radical (unpaired) electrons. The van der Waals surface area contributed by atoms with Crippen LogP contribution in [0.2, 0.25) is 0 Å². The zero-order valence-corrected chi connectivity index (χ0v) is 18.5. The molecule has 0 unspecified atom stereocenters. The molecule has 1 aromatic rings. The second-order valence-corrected chi connectivity index (χ2v) is 7.43. The van der Waals surface area contributed by atoms with Crippen molar-refractivity contribution >= 4 is 11.9 Å². The number of benzene rings is 1. The summed E-state index contributed by atoms with van der Waals surface area (Å²) in [5.74, 6) is 1.91. The zero-order valence-electron chi connectivity index (χ0n) is 18.5. The van der Waals surface area contributed by atoms with Gasteiger partial charge in [-0.15, -0.1) is 0 Å². The third-order valence-corrected chi connectivity index (χ3v) is 4.97. The highest BCUT2D eigenvalue weighted by Crippen LogP contribution is 2.21. The van der Waals surface area contributed by atoms with E-state index in [1.165, 1.54) is 5.56 Å². The highest BCUT2D eigenvalue weighted by Gasteiger charge is 2.17. The number of carbonyl (C=O) groups excluding carboxylic acids is 1. The Kier molecular flexibility index (Phi) is 9.77. The van der Waals surface area contributed by atoms with Gasteiger partial charge in [-0.25, -0.2) is 4.99 Å². The van der Waals surface area contributed by atoms with Gasteiger partial charge in [0.1, 0.15) is 5.75 Å². The fraction of sp³-hybridized carbons (Fsp3) is 0.636. The van der Waals surface area contributed by atoms with Crippen molar-refractivity contribution in [2.45, 2.75) is 40.7 Å². The first-order valence-corrected chi connectivity index (χ1v) is 10.8. The molecule has 162 valence electrons. The van der Waals surface area contributed by atoms with E-state index in [1.807, 2.05) is 4.90 Å². The summed E-state index contributed by atoms with van der Waals surface area (Å²) in [4.78, 5) is 20.5. The maximum absolute atomic E-state index is 11.4. The Morgan fingerprint density at radius 3 is 2.59 bits per heavy atom. The smallest absolute Gasteiger partial charge is 0.219 e. The number of nitrogens with one attached hydrogen (secondary N) is 2. The normalized spacial score (nSPS) is 15.3. The number of guanidine groups is 1. The molecule has 1 aliphatic rings. The van der Waals surface area contributed by atoms with Crippen molar-refractivity contribution < 1.29 is 9.53 Å². The van der Waals surface area contributed by atoms with Gasteiger partial charge in [0.25, 0.3) is 0 Å². The highest BCUT2D eigenvalue weighted by molar-refractivity contribution is 5.79. The van der Waals surface area contributed by atoms with E-state index in [4.69, 9.17) is 9.73 Å². The maximum atomic E-state index is 11.4. The molecule has 1 saturated heterocycles. The highest BCUT2D eigenvalue weighted by atomic mass is 16.5. The van der Waals surface area contributed by atoms with Crippen molar-refractivity contribution in [3.8, 4) is 5.75 Å². The van der Waals surface area contributed by atoms with Gasteiger partial charge < -0.3 is 20.3 Å². The molecule has 0 atom stereocenters. The lowest BCUT2D eigenvalue weighted by atomic mass is 10.1. The summed E-state index contributed by atoms with van der Waals surface area (Å²) in [6, 6.07) is 6.29. The van der Waals surface area contributed by atoms with Gasteiger partial charge in [0.15, 0.2) is 5.96 Å². The van der Waals surface area contributed by atoms with E-state index in [1.54, 1.807) is 6.92 Å². The average Bonchev–Trinajstić information content (AvgIpc) is 2.71. The van der Waals surface area contributed by atoms with E-state index in [2.05, 4.69) is 54.5 Å². The lowest BCUT2D eigenvalue weighted by molar-refractivity contribution is -0.130. The fourth-order valence-corrected chi connectivity index (χ4v) is 3.26. The Morgan fingerprint density at radius 1 is 1.17 bits per heavy atom. The number of rotatable bonds is 9. The first kappa shape index (κ1) is 23.0. The Bertz CT molecular complexity index is 669. The van der Waals surface area contributed by atoms with E-state index in [0.717, 1.165) is 76.1 Å². The Hall–Kier alpha value is -2.28. The van der Waals surface area contributed by atoms with Gasteiger partial charge in [-0.1, -0.05) is 19.1 Å². The molecular formula is C22H37N5O2. The van der Waals surface area contributed by atoms with Crippen molar-refractivity contribution in [1.82, 2.24) is 20.4 Å². The molecule has 0 aromatic heterocycles. The Labute approximate surface area is 175 Å². The second kappa shape index (κ2) is 12.3. The molecule has 7 nitrogen and oxygen atoms in total. The molecule has 1 fully saturated rings. The third kappa shape index (κ3) is 7.93. The van der Waals surface area contributed by atoms with Gasteiger partial charge in [-0.3, -0.25) is 9.69 Å². The van der Waals surface area contributed by atoms with Crippen LogP contribution >= 0.6 is 0 Å². The molecule has 0 saturated carbocycles. The topological polar surface area (TPSA) is 69.2 Å². The van der Waals surface area contributed by atoms with Crippen LogP contribution in [0.3, 0.4) is 0 Å². The van der Waals surface area contributed by atoms with Crippen LogP contribution in [0.5, 0.6) is 5.75 Å². The van der Waals surface area contributed by atoms with Crippen LogP contribution in [-0.2, 0) is 11.3 Å². The van der Waals surface area contributed by atoms with Crippen molar-refractivity contribution in [2.24, 2.45) is 4.99 Å². The summed E-state index contributed by atoms with van der Waals surface area (Å²) in [6.45, 7) is 15.3. The third-order valence-electron chi connectivity index (χ3n) is 4.97. The quantitative estimate of drug-likeness (QED) is 0.488. The van der Waals surface area contributed by atoms with Crippen molar-refractivity contribution in [1.29, 1.82) is 0 Å². The molecule has 1 amide bonds. The predicted molar refractivity (Wildman–Crippen MR) is 118 cm³/mol. The molecular weight excluding hydrogens is 366 g/mol. The minimum Gasteiger partial charge on any atom is -0.493 e. The van der Waals surface area contributed by atoms with E-state index in [-0.39, 0.29) is 5.91 Å². The fourth-order valence-electron chi connectivity index (χ4n) is 3.26. The number of hydrogen-bond acceptors (Lipinski definition) is 4. The summed E-state index contributed by atoms with van der Waals surface area (Å²) in [6.07, 6.45) is 0.988. The van der Waals surface area contributed by atoms with Gasteiger partial charge in [0.2, 0.25) is 5.91 Å². The molecule has 2 rings (SSSR count). The molecule has 2 N–H and O–H groups in total. The lowest BCUT2D eigenvalue weighted by Crippen LogP contribution is -2.50. The molecule has 0 aliphatic carbocycles. The summed E-state index contributed by atoms with van der Waals surface area (Å²) >= 11 is 0. The minimum absolute atomic E-state index is 0.169. The summed E-state index contributed by atoms with van der Waals surface area (Å²) in [5, 5.41) is 6.74.